The van der Waals surface area contributed by atoms with Gasteiger partial charge in [-0.15, -0.1) is 0 Å². The van der Waals surface area contributed by atoms with E-state index in [0.29, 0.717) is 19.0 Å². The van der Waals surface area contributed by atoms with Crippen molar-refractivity contribution in [1.82, 2.24) is 4.98 Å². The van der Waals surface area contributed by atoms with Gasteiger partial charge in [-0.25, -0.2) is 10.8 Å². The first kappa shape index (κ1) is 13.9. The average Bonchev–Trinajstić information content (AvgIpc) is 2.35. The van der Waals surface area contributed by atoms with Crippen molar-refractivity contribution in [3.63, 3.8) is 0 Å². The first-order valence-corrected chi connectivity index (χ1v) is 5.63. The fourth-order valence-corrected chi connectivity index (χ4v) is 1.24. The van der Waals surface area contributed by atoms with Crippen molar-refractivity contribution < 1.29 is 9.47 Å². The number of hydrogen-bond acceptors (Lipinski definition) is 5. The minimum absolute atomic E-state index is 0.145. The van der Waals surface area contributed by atoms with Crippen LogP contribution < -0.4 is 11.3 Å². The molecule has 1 aromatic rings. The second-order valence-electron chi connectivity index (χ2n) is 4.42. The van der Waals surface area contributed by atoms with Crippen molar-refractivity contribution in [2.24, 2.45) is 5.84 Å². The molecule has 0 atom stereocenters. The van der Waals surface area contributed by atoms with Gasteiger partial charge < -0.3 is 14.9 Å². The molecule has 0 spiro atoms. The molecule has 0 radical (unpaired) electrons. The van der Waals surface area contributed by atoms with Crippen molar-refractivity contribution in [3.8, 4) is 0 Å². The van der Waals surface area contributed by atoms with E-state index in [9.17, 15) is 0 Å². The lowest BCUT2D eigenvalue weighted by Crippen LogP contribution is -2.24. The molecule has 96 valence electrons. The molecule has 0 amide bonds. The van der Waals surface area contributed by atoms with E-state index < -0.39 is 0 Å². The number of hydrazine groups is 1. The van der Waals surface area contributed by atoms with E-state index >= 15 is 0 Å². The lowest BCUT2D eigenvalue weighted by Gasteiger charge is -2.22. The Bertz CT molecular complexity index is 342. The molecule has 0 aliphatic heterocycles. The highest BCUT2D eigenvalue weighted by Gasteiger charge is 2.15. The van der Waals surface area contributed by atoms with E-state index in [1.165, 1.54) is 0 Å². The molecular weight excluding hydrogens is 218 g/mol. The summed E-state index contributed by atoms with van der Waals surface area (Å²) in [7, 11) is 1.71. The molecule has 1 heterocycles. The van der Waals surface area contributed by atoms with Crippen LogP contribution in [-0.4, -0.2) is 24.3 Å². The molecule has 0 aliphatic carbocycles. The summed E-state index contributed by atoms with van der Waals surface area (Å²) in [4.78, 5) is 4.25. The number of nitrogens with one attached hydrogen (secondary N) is 1. The van der Waals surface area contributed by atoms with E-state index in [-0.39, 0.29) is 5.60 Å². The first-order chi connectivity index (χ1) is 8.07. The minimum atomic E-state index is -0.145. The molecule has 0 saturated heterocycles. The summed E-state index contributed by atoms with van der Waals surface area (Å²) in [6.45, 7) is 5.19. The Morgan fingerprint density at radius 1 is 1.41 bits per heavy atom. The van der Waals surface area contributed by atoms with Crippen LogP contribution in [0.3, 0.4) is 0 Å². The Hall–Kier alpha value is -1.17. The summed E-state index contributed by atoms with van der Waals surface area (Å²) < 4.78 is 10.9. The number of nitrogens with zero attached hydrogens (tertiary/aromatic N) is 1. The second-order valence-corrected chi connectivity index (χ2v) is 4.42. The maximum absolute atomic E-state index is 5.55. The number of anilines is 1. The number of methoxy groups -OCH3 is 1. The van der Waals surface area contributed by atoms with Crippen LogP contribution in [0.25, 0.3) is 0 Å². The summed E-state index contributed by atoms with van der Waals surface area (Å²) in [6, 6.07) is 5.60. The van der Waals surface area contributed by atoms with Crippen LogP contribution >= 0.6 is 0 Å². The van der Waals surface area contributed by atoms with Gasteiger partial charge in [0.15, 0.2) is 0 Å². The third-order valence-corrected chi connectivity index (χ3v) is 2.61. The summed E-state index contributed by atoms with van der Waals surface area (Å²) >= 11 is 0. The van der Waals surface area contributed by atoms with Crippen molar-refractivity contribution >= 4 is 5.82 Å². The predicted molar refractivity (Wildman–Crippen MR) is 67.4 cm³/mol. The van der Waals surface area contributed by atoms with Crippen LogP contribution in [0.15, 0.2) is 18.2 Å². The van der Waals surface area contributed by atoms with Gasteiger partial charge in [-0.1, -0.05) is 6.07 Å². The molecular formula is C12H21N3O2. The maximum atomic E-state index is 5.55. The summed E-state index contributed by atoms with van der Waals surface area (Å²) in [5.74, 6) is 5.92. The van der Waals surface area contributed by atoms with E-state index in [4.69, 9.17) is 15.3 Å². The Balaban J connectivity index is 2.31. The quantitative estimate of drug-likeness (QED) is 0.430. The largest absolute Gasteiger partial charge is 0.379 e. The third-order valence-electron chi connectivity index (χ3n) is 2.61. The minimum Gasteiger partial charge on any atom is -0.379 e. The predicted octanol–water partition coefficient (Wildman–Crippen LogP) is 1.70. The highest BCUT2D eigenvalue weighted by atomic mass is 16.5. The van der Waals surface area contributed by atoms with Gasteiger partial charge >= 0.3 is 0 Å². The molecule has 0 bridgehead atoms. The zero-order valence-corrected chi connectivity index (χ0v) is 10.7. The lowest BCUT2D eigenvalue weighted by atomic mass is 10.1. The number of aromatic nitrogens is 1. The van der Waals surface area contributed by atoms with E-state index in [1.54, 1.807) is 13.2 Å². The highest BCUT2D eigenvalue weighted by Crippen LogP contribution is 2.13. The van der Waals surface area contributed by atoms with Crippen molar-refractivity contribution in [2.45, 2.75) is 32.5 Å². The van der Waals surface area contributed by atoms with Crippen LogP contribution in [0.2, 0.25) is 0 Å². The first-order valence-electron chi connectivity index (χ1n) is 5.63. The highest BCUT2D eigenvalue weighted by molar-refractivity contribution is 5.33. The summed E-state index contributed by atoms with van der Waals surface area (Å²) in [5.41, 5.74) is 3.22. The van der Waals surface area contributed by atoms with Gasteiger partial charge in [0.05, 0.1) is 17.9 Å². The summed E-state index contributed by atoms with van der Waals surface area (Å²) in [5, 5.41) is 0. The second kappa shape index (κ2) is 6.54. The lowest BCUT2D eigenvalue weighted by molar-refractivity contribution is -0.0128. The summed E-state index contributed by atoms with van der Waals surface area (Å²) in [6.07, 6.45) is 0.846. The van der Waals surface area contributed by atoms with Crippen molar-refractivity contribution in [1.29, 1.82) is 0 Å². The van der Waals surface area contributed by atoms with Crippen LogP contribution in [0.1, 0.15) is 26.0 Å². The molecule has 17 heavy (non-hydrogen) atoms. The number of hydrogen-bond donors (Lipinski definition) is 2. The van der Waals surface area contributed by atoms with Gasteiger partial charge in [0.1, 0.15) is 5.82 Å². The van der Waals surface area contributed by atoms with E-state index in [0.717, 1.165) is 12.1 Å². The molecule has 5 heteroatoms. The molecule has 0 aliphatic rings. The molecule has 0 saturated carbocycles. The van der Waals surface area contributed by atoms with Crippen LogP contribution in [0.5, 0.6) is 0 Å². The molecule has 5 nitrogen and oxygen atoms in total. The number of pyridine rings is 1. The maximum Gasteiger partial charge on any atom is 0.140 e. The Morgan fingerprint density at radius 2 is 2.18 bits per heavy atom. The van der Waals surface area contributed by atoms with Crippen LogP contribution in [0.4, 0.5) is 5.82 Å². The van der Waals surface area contributed by atoms with Gasteiger partial charge in [0, 0.05) is 13.7 Å². The van der Waals surface area contributed by atoms with Crippen LogP contribution in [-0.2, 0) is 16.1 Å². The molecule has 0 fully saturated rings. The molecule has 0 aromatic carbocycles. The smallest absolute Gasteiger partial charge is 0.140 e. The fourth-order valence-electron chi connectivity index (χ4n) is 1.24. The van der Waals surface area contributed by atoms with Gasteiger partial charge in [-0.3, -0.25) is 0 Å². The van der Waals surface area contributed by atoms with E-state index in [2.05, 4.69) is 10.4 Å². The van der Waals surface area contributed by atoms with Gasteiger partial charge in [0.2, 0.25) is 0 Å². The zero-order valence-electron chi connectivity index (χ0n) is 10.7. The Kier molecular flexibility index (Phi) is 5.34. The fraction of sp³-hybridized carbons (Fsp3) is 0.583. The number of nitrogen functional groups attached to an aromatic ring is 1. The SMILES string of the molecule is COC(C)(C)CCOCc1cccc(NN)n1. The van der Waals surface area contributed by atoms with Crippen molar-refractivity contribution in [3.05, 3.63) is 23.9 Å². The van der Waals surface area contributed by atoms with Gasteiger partial charge in [-0.2, -0.15) is 0 Å². The molecule has 3 N–H and O–H groups in total. The number of rotatable bonds is 7. The number of ether oxygens (including phenoxy) is 2. The van der Waals surface area contributed by atoms with Crippen LogP contribution in [0, 0.1) is 0 Å². The van der Waals surface area contributed by atoms with E-state index in [1.807, 2.05) is 26.0 Å². The normalized spacial score (nSPS) is 11.5. The third kappa shape index (κ3) is 5.12. The zero-order chi connectivity index (χ0) is 12.7. The Morgan fingerprint density at radius 3 is 2.82 bits per heavy atom. The van der Waals surface area contributed by atoms with Gasteiger partial charge in [0.25, 0.3) is 0 Å². The number of nitrogens with two attached hydrogens (primary N) is 1. The monoisotopic (exact) mass is 239 g/mol. The molecule has 1 aromatic heterocycles. The molecule has 1 rings (SSSR count). The topological polar surface area (TPSA) is 69.4 Å². The Labute approximate surface area is 102 Å². The van der Waals surface area contributed by atoms with Gasteiger partial charge in [-0.05, 0) is 32.4 Å². The average molecular weight is 239 g/mol. The molecule has 0 unspecified atom stereocenters. The standard InChI is InChI=1S/C12H21N3O2/c1-12(2,16-3)7-8-17-9-10-5-4-6-11(14-10)15-13/h4-6H,7-9,13H2,1-3H3,(H,14,15). The van der Waals surface area contributed by atoms with Crippen molar-refractivity contribution in [2.75, 3.05) is 19.1 Å².